The van der Waals surface area contributed by atoms with E-state index in [9.17, 15) is 9.90 Å². The molecule has 2 saturated carbocycles. The van der Waals surface area contributed by atoms with Crippen molar-refractivity contribution in [3.05, 3.63) is 34.9 Å². The molecule has 0 spiro atoms. The molecule has 2 unspecified atom stereocenters. The van der Waals surface area contributed by atoms with Crippen molar-refractivity contribution in [2.24, 2.45) is 11.8 Å². The monoisotopic (exact) mass is 335 g/mol. The van der Waals surface area contributed by atoms with Crippen LogP contribution in [0.3, 0.4) is 0 Å². The number of aliphatic hydroxyl groups is 1. The molecule has 126 valence electrons. The van der Waals surface area contributed by atoms with E-state index in [-0.39, 0.29) is 24.0 Å². The summed E-state index contributed by atoms with van der Waals surface area (Å²) in [5.74, 6) is 0.536. The molecule has 3 rings (SSSR count). The molecule has 0 aromatic heterocycles. The van der Waals surface area contributed by atoms with Gasteiger partial charge in [0.25, 0.3) is 0 Å². The molecule has 2 aliphatic carbocycles. The Hall–Kier alpha value is -1.06. The van der Waals surface area contributed by atoms with Gasteiger partial charge in [0.05, 0.1) is 12.1 Å². The standard InChI is InChI=1S/C19H26ClNO2/c20-16-9-3-7-14(11-16)18(13-5-1-2-6-13)21-19(23)15-8-4-10-17(22)12-15/h3,7,9,11,13,15,17-18,22H,1-2,4-6,8,10,12H2,(H,21,23)/t15-,17?,18?/m0/s1. The minimum absolute atomic E-state index is 0.0442. The van der Waals surface area contributed by atoms with Crippen LogP contribution in [0, 0.1) is 11.8 Å². The van der Waals surface area contributed by atoms with E-state index in [2.05, 4.69) is 11.4 Å². The fraction of sp³-hybridized carbons (Fsp3) is 0.632. The van der Waals surface area contributed by atoms with Crippen molar-refractivity contribution >= 4 is 17.5 Å². The summed E-state index contributed by atoms with van der Waals surface area (Å²) in [4.78, 5) is 12.7. The van der Waals surface area contributed by atoms with Crippen LogP contribution in [0.25, 0.3) is 0 Å². The summed E-state index contributed by atoms with van der Waals surface area (Å²) in [6.45, 7) is 0. The summed E-state index contributed by atoms with van der Waals surface area (Å²) in [5, 5.41) is 13.8. The van der Waals surface area contributed by atoms with Gasteiger partial charge in [-0.2, -0.15) is 0 Å². The van der Waals surface area contributed by atoms with Gasteiger partial charge in [-0.1, -0.05) is 43.0 Å². The summed E-state index contributed by atoms with van der Waals surface area (Å²) in [7, 11) is 0. The topological polar surface area (TPSA) is 49.3 Å². The summed E-state index contributed by atoms with van der Waals surface area (Å²) >= 11 is 6.15. The number of carbonyl (C=O) groups is 1. The predicted molar refractivity (Wildman–Crippen MR) is 92.3 cm³/mol. The molecule has 0 bridgehead atoms. The lowest BCUT2D eigenvalue weighted by Gasteiger charge is -2.30. The van der Waals surface area contributed by atoms with Crippen LogP contribution in [-0.4, -0.2) is 17.1 Å². The summed E-state index contributed by atoms with van der Waals surface area (Å²) in [6, 6.07) is 7.90. The van der Waals surface area contributed by atoms with Crippen LogP contribution in [0.4, 0.5) is 0 Å². The minimum Gasteiger partial charge on any atom is -0.393 e. The largest absolute Gasteiger partial charge is 0.393 e. The fourth-order valence-corrected chi connectivity index (χ4v) is 4.34. The Morgan fingerprint density at radius 3 is 2.65 bits per heavy atom. The average Bonchev–Trinajstić information content (AvgIpc) is 3.06. The minimum atomic E-state index is -0.324. The Morgan fingerprint density at radius 2 is 1.96 bits per heavy atom. The van der Waals surface area contributed by atoms with E-state index in [0.29, 0.717) is 17.4 Å². The van der Waals surface area contributed by atoms with Gasteiger partial charge in [0.1, 0.15) is 0 Å². The zero-order valence-electron chi connectivity index (χ0n) is 13.5. The Labute approximate surface area is 143 Å². The van der Waals surface area contributed by atoms with E-state index in [1.54, 1.807) is 0 Å². The van der Waals surface area contributed by atoms with Crippen LogP contribution < -0.4 is 5.32 Å². The second-order valence-electron chi connectivity index (χ2n) is 7.10. The van der Waals surface area contributed by atoms with Crippen molar-refractivity contribution in [1.29, 1.82) is 0 Å². The number of halogens is 1. The molecule has 1 aromatic rings. The number of rotatable bonds is 4. The number of hydrogen-bond donors (Lipinski definition) is 2. The first-order valence-corrected chi connectivity index (χ1v) is 9.25. The van der Waals surface area contributed by atoms with Crippen LogP contribution in [0.5, 0.6) is 0 Å². The Bertz CT molecular complexity index is 542. The van der Waals surface area contributed by atoms with E-state index in [0.717, 1.165) is 37.7 Å². The Balaban J connectivity index is 1.74. The van der Waals surface area contributed by atoms with E-state index >= 15 is 0 Å². The van der Waals surface area contributed by atoms with Crippen molar-refractivity contribution in [1.82, 2.24) is 5.32 Å². The Morgan fingerprint density at radius 1 is 1.17 bits per heavy atom. The highest BCUT2D eigenvalue weighted by Gasteiger charge is 2.32. The van der Waals surface area contributed by atoms with Gasteiger partial charge in [-0.25, -0.2) is 0 Å². The highest BCUT2D eigenvalue weighted by atomic mass is 35.5. The lowest BCUT2D eigenvalue weighted by Crippen LogP contribution is -2.39. The third-order valence-corrected chi connectivity index (χ3v) is 5.63. The molecule has 2 aliphatic rings. The smallest absolute Gasteiger partial charge is 0.223 e. The number of hydrogen-bond acceptors (Lipinski definition) is 2. The molecule has 3 nitrogen and oxygen atoms in total. The number of amides is 1. The summed E-state index contributed by atoms with van der Waals surface area (Å²) in [6.07, 6.45) is 7.70. The highest BCUT2D eigenvalue weighted by Crippen LogP contribution is 2.37. The number of benzene rings is 1. The van der Waals surface area contributed by atoms with Crippen molar-refractivity contribution in [3.63, 3.8) is 0 Å². The fourth-order valence-electron chi connectivity index (χ4n) is 4.14. The molecule has 4 heteroatoms. The predicted octanol–water partition coefficient (Wildman–Crippen LogP) is 4.24. The highest BCUT2D eigenvalue weighted by molar-refractivity contribution is 6.30. The quantitative estimate of drug-likeness (QED) is 0.864. The van der Waals surface area contributed by atoms with Crippen LogP contribution in [0.15, 0.2) is 24.3 Å². The molecule has 2 N–H and O–H groups in total. The molecule has 0 aliphatic heterocycles. The van der Waals surface area contributed by atoms with Crippen molar-refractivity contribution < 1.29 is 9.90 Å². The number of nitrogens with one attached hydrogen (secondary N) is 1. The van der Waals surface area contributed by atoms with E-state index in [1.165, 1.54) is 12.8 Å². The molecule has 2 fully saturated rings. The lowest BCUT2D eigenvalue weighted by atomic mass is 9.85. The van der Waals surface area contributed by atoms with Crippen LogP contribution in [0.1, 0.15) is 63.0 Å². The van der Waals surface area contributed by atoms with Gasteiger partial charge in [0.2, 0.25) is 5.91 Å². The molecule has 3 atom stereocenters. The second-order valence-corrected chi connectivity index (χ2v) is 7.54. The second kappa shape index (κ2) is 7.67. The lowest BCUT2D eigenvalue weighted by molar-refractivity contribution is -0.128. The first-order valence-electron chi connectivity index (χ1n) is 8.87. The average molecular weight is 336 g/mol. The first kappa shape index (κ1) is 16.8. The molecule has 0 heterocycles. The summed E-state index contributed by atoms with van der Waals surface area (Å²) in [5.41, 5.74) is 1.11. The Kier molecular flexibility index (Phi) is 5.60. The van der Waals surface area contributed by atoms with Gasteiger partial charge in [-0.05, 0) is 55.7 Å². The number of aliphatic hydroxyl groups excluding tert-OH is 1. The van der Waals surface area contributed by atoms with Crippen molar-refractivity contribution in [2.75, 3.05) is 0 Å². The molecule has 1 aromatic carbocycles. The van der Waals surface area contributed by atoms with Crippen LogP contribution in [-0.2, 0) is 4.79 Å². The van der Waals surface area contributed by atoms with Gasteiger partial charge in [0.15, 0.2) is 0 Å². The molecular weight excluding hydrogens is 310 g/mol. The van der Waals surface area contributed by atoms with Crippen molar-refractivity contribution in [3.8, 4) is 0 Å². The van der Waals surface area contributed by atoms with Crippen LogP contribution in [0.2, 0.25) is 5.02 Å². The van der Waals surface area contributed by atoms with Gasteiger partial charge in [-0.3, -0.25) is 4.79 Å². The third-order valence-electron chi connectivity index (χ3n) is 5.39. The van der Waals surface area contributed by atoms with Gasteiger partial charge in [0, 0.05) is 10.9 Å². The first-order chi connectivity index (χ1) is 11.1. The van der Waals surface area contributed by atoms with Gasteiger partial charge in [-0.15, -0.1) is 0 Å². The maximum absolute atomic E-state index is 12.7. The van der Waals surface area contributed by atoms with Crippen LogP contribution >= 0.6 is 11.6 Å². The number of carbonyl (C=O) groups excluding carboxylic acids is 1. The van der Waals surface area contributed by atoms with E-state index in [4.69, 9.17) is 11.6 Å². The molecule has 0 radical (unpaired) electrons. The summed E-state index contributed by atoms with van der Waals surface area (Å²) < 4.78 is 0. The van der Waals surface area contributed by atoms with Crippen molar-refractivity contribution in [2.45, 2.75) is 63.5 Å². The van der Waals surface area contributed by atoms with Gasteiger partial charge < -0.3 is 10.4 Å². The molecule has 23 heavy (non-hydrogen) atoms. The molecule has 0 saturated heterocycles. The van der Waals surface area contributed by atoms with E-state index < -0.39 is 0 Å². The maximum atomic E-state index is 12.7. The third kappa shape index (κ3) is 4.27. The molecular formula is C19H26ClNO2. The molecule has 1 amide bonds. The SMILES string of the molecule is O=C(NC(c1cccc(Cl)c1)C1CCCC1)[C@H]1CCCC(O)C1. The van der Waals surface area contributed by atoms with Gasteiger partial charge >= 0.3 is 0 Å². The van der Waals surface area contributed by atoms with E-state index in [1.807, 2.05) is 18.2 Å². The zero-order valence-corrected chi connectivity index (χ0v) is 14.3. The zero-order chi connectivity index (χ0) is 16.2. The maximum Gasteiger partial charge on any atom is 0.223 e. The normalized spacial score (nSPS) is 26.9.